The zero-order valence-corrected chi connectivity index (χ0v) is 16.9. The summed E-state index contributed by atoms with van der Waals surface area (Å²) in [6.45, 7) is 3.89. The third kappa shape index (κ3) is 4.44. The van der Waals surface area contributed by atoms with Crippen molar-refractivity contribution in [3.8, 4) is 0 Å². The predicted octanol–water partition coefficient (Wildman–Crippen LogP) is 1.43. The van der Waals surface area contributed by atoms with Crippen molar-refractivity contribution >= 4 is 33.4 Å². The Morgan fingerprint density at radius 1 is 1.07 bits per heavy atom. The number of piperidine rings is 1. The van der Waals surface area contributed by atoms with Gasteiger partial charge in [-0.2, -0.15) is 4.31 Å². The van der Waals surface area contributed by atoms with Gasteiger partial charge in [-0.25, -0.2) is 8.42 Å². The Hall–Kier alpha value is -1.64. The van der Waals surface area contributed by atoms with Crippen molar-refractivity contribution in [3.63, 3.8) is 0 Å². The van der Waals surface area contributed by atoms with E-state index in [0.717, 1.165) is 12.8 Å². The van der Waals surface area contributed by atoms with Gasteiger partial charge >= 0.3 is 0 Å². The van der Waals surface area contributed by atoms with Crippen LogP contribution in [-0.2, 0) is 19.6 Å². The summed E-state index contributed by atoms with van der Waals surface area (Å²) in [4.78, 5) is 28.0. The first-order chi connectivity index (χ1) is 12.8. The number of sulfonamides is 1. The molecule has 0 spiro atoms. The smallest absolute Gasteiger partial charge is 0.243 e. The molecule has 1 aromatic carbocycles. The minimum atomic E-state index is -3.62. The average Bonchev–Trinajstić information content (AvgIpc) is 2.67. The van der Waals surface area contributed by atoms with E-state index in [1.807, 2.05) is 0 Å². The van der Waals surface area contributed by atoms with Crippen LogP contribution in [0.2, 0.25) is 5.02 Å². The molecule has 0 N–H and O–H groups in total. The fraction of sp³-hybridized carbons (Fsp3) is 0.556. The van der Waals surface area contributed by atoms with Gasteiger partial charge in [-0.05, 0) is 31.0 Å². The summed E-state index contributed by atoms with van der Waals surface area (Å²) in [6.07, 6.45) is 1.59. The lowest BCUT2D eigenvalue weighted by Crippen LogP contribution is -2.53. The van der Waals surface area contributed by atoms with Gasteiger partial charge in [0.2, 0.25) is 21.8 Å². The highest BCUT2D eigenvalue weighted by molar-refractivity contribution is 7.89. The minimum absolute atomic E-state index is 0.00932. The molecule has 3 rings (SSSR count). The molecule has 2 aliphatic rings. The van der Waals surface area contributed by atoms with Crippen molar-refractivity contribution in [1.82, 2.24) is 14.1 Å². The molecule has 27 heavy (non-hydrogen) atoms. The van der Waals surface area contributed by atoms with Crippen LogP contribution in [0.25, 0.3) is 0 Å². The average molecular weight is 414 g/mol. The first-order valence-electron chi connectivity index (χ1n) is 9.09. The van der Waals surface area contributed by atoms with Crippen molar-refractivity contribution in [2.45, 2.75) is 24.7 Å². The third-order valence-corrected chi connectivity index (χ3v) is 7.33. The topological polar surface area (TPSA) is 78.0 Å². The first-order valence-corrected chi connectivity index (χ1v) is 10.9. The molecule has 1 aromatic rings. The van der Waals surface area contributed by atoms with Gasteiger partial charge in [0, 0.05) is 51.2 Å². The number of carbonyl (C=O) groups excluding carboxylic acids is 2. The minimum Gasteiger partial charge on any atom is -0.342 e. The summed E-state index contributed by atoms with van der Waals surface area (Å²) < 4.78 is 26.9. The van der Waals surface area contributed by atoms with Gasteiger partial charge in [0.25, 0.3) is 0 Å². The molecular weight excluding hydrogens is 390 g/mol. The van der Waals surface area contributed by atoms with Gasteiger partial charge in [0.15, 0.2) is 0 Å². The van der Waals surface area contributed by atoms with Gasteiger partial charge in [-0.3, -0.25) is 9.59 Å². The van der Waals surface area contributed by atoms with Gasteiger partial charge < -0.3 is 9.80 Å². The molecule has 1 atom stereocenters. The van der Waals surface area contributed by atoms with E-state index in [2.05, 4.69) is 0 Å². The second kappa shape index (κ2) is 8.16. The maximum Gasteiger partial charge on any atom is 0.243 e. The number of rotatable bonds is 3. The highest BCUT2D eigenvalue weighted by atomic mass is 35.5. The van der Waals surface area contributed by atoms with Crippen LogP contribution in [0, 0.1) is 5.92 Å². The Balaban J connectivity index is 1.61. The number of carbonyl (C=O) groups is 2. The molecule has 0 aromatic heterocycles. The van der Waals surface area contributed by atoms with Crippen molar-refractivity contribution < 1.29 is 18.0 Å². The first kappa shape index (κ1) is 20.1. The summed E-state index contributed by atoms with van der Waals surface area (Å²) in [5.74, 6) is -0.190. The Kier molecular flexibility index (Phi) is 6.08. The number of hydrogen-bond acceptors (Lipinski definition) is 4. The van der Waals surface area contributed by atoms with Crippen molar-refractivity contribution in [1.29, 1.82) is 0 Å². The second-order valence-corrected chi connectivity index (χ2v) is 9.37. The summed E-state index contributed by atoms with van der Waals surface area (Å²) >= 11 is 5.91. The molecule has 9 heteroatoms. The summed E-state index contributed by atoms with van der Waals surface area (Å²) in [5.41, 5.74) is 0. The van der Waals surface area contributed by atoms with Gasteiger partial charge in [-0.15, -0.1) is 0 Å². The highest BCUT2D eigenvalue weighted by Gasteiger charge is 2.34. The lowest BCUT2D eigenvalue weighted by molar-refractivity contribution is -0.141. The number of piperazine rings is 1. The molecule has 2 fully saturated rings. The second-order valence-electron chi connectivity index (χ2n) is 6.99. The summed E-state index contributed by atoms with van der Waals surface area (Å²) in [6, 6.07) is 6.20. The highest BCUT2D eigenvalue weighted by Crippen LogP contribution is 2.23. The van der Waals surface area contributed by atoms with Gasteiger partial charge in [0.05, 0.1) is 10.8 Å². The Bertz CT molecular complexity index is 822. The van der Waals surface area contributed by atoms with E-state index in [9.17, 15) is 18.0 Å². The van der Waals surface area contributed by atoms with Crippen LogP contribution in [0.5, 0.6) is 0 Å². The largest absolute Gasteiger partial charge is 0.342 e. The number of hydrogen-bond donors (Lipinski definition) is 0. The maximum absolute atomic E-state index is 12.8. The van der Waals surface area contributed by atoms with E-state index < -0.39 is 10.0 Å². The van der Waals surface area contributed by atoms with Crippen molar-refractivity contribution in [3.05, 3.63) is 29.3 Å². The van der Waals surface area contributed by atoms with E-state index in [-0.39, 0.29) is 35.7 Å². The normalized spacial score (nSPS) is 21.9. The third-order valence-electron chi connectivity index (χ3n) is 5.20. The SMILES string of the molecule is CC(=O)N1CCC[C@@H](C(=O)N2CCN(S(=O)(=O)c3cccc(Cl)c3)CC2)C1. The Morgan fingerprint density at radius 2 is 1.78 bits per heavy atom. The van der Waals surface area contributed by atoms with Crippen molar-refractivity contribution in [2.75, 3.05) is 39.3 Å². The molecule has 2 aliphatic heterocycles. The number of nitrogens with zero attached hydrogens (tertiary/aromatic N) is 3. The van der Waals surface area contributed by atoms with Crippen LogP contribution >= 0.6 is 11.6 Å². The van der Waals surface area contributed by atoms with Crippen LogP contribution in [0.3, 0.4) is 0 Å². The summed E-state index contributed by atoms with van der Waals surface area (Å²) in [7, 11) is -3.62. The van der Waals surface area contributed by atoms with Crippen molar-refractivity contribution in [2.24, 2.45) is 5.92 Å². The van der Waals surface area contributed by atoms with Gasteiger partial charge in [-0.1, -0.05) is 17.7 Å². The van der Waals surface area contributed by atoms with Crippen LogP contribution in [-0.4, -0.2) is 73.6 Å². The molecule has 0 saturated carbocycles. The molecule has 2 amide bonds. The number of halogens is 1. The number of benzene rings is 1. The summed E-state index contributed by atoms with van der Waals surface area (Å²) in [5, 5.41) is 0.372. The number of amides is 2. The molecule has 2 saturated heterocycles. The maximum atomic E-state index is 12.8. The van der Waals surface area contributed by atoms with E-state index in [1.165, 1.54) is 23.4 Å². The predicted molar refractivity (Wildman–Crippen MR) is 102 cm³/mol. The van der Waals surface area contributed by atoms with Crippen LogP contribution < -0.4 is 0 Å². The number of likely N-dealkylation sites (tertiary alicyclic amines) is 1. The van der Waals surface area contributed by atoms with Gasteiger partial charge in [0.1, 0.15) is 0 Å². The quantitative estimate of drug-likeness (QED) is 0.751. The molecule has 2 heterocycles. The van der Waals surface area contributed by atoms with Crippen LogP contribution in [0.15, 0.2) is 29.2 Å². The Morgan fingerprint density at radius 3 is 2.41 bits per heavy atom. The molecule has 0 aliphatic carbocycles. The molecular formula is C18H24ClN3O4S. The molecule has 7 nitrogen and oxygen atoms in total. The fourth-order valence-electron chi connectivity index (χ4n) is 3.65. The molecule has 148 valence electrons. The van der Waals surface area contributed by atoms with E-state index >= 15 is 0 Å². The van der Waals surface area contributed by atoms with E-state index in [4.69, 9.17) is 11.6 Å². The lowest BCUT2D eigenvalue weighted by Gasteiger charge is -2.38. The zero-order chi connectivity index (χ0) is 19.6. The van der Waals surface area contributed by atoms with Crippen LogP contribution in [0.1, 0.15) is 19.8 Å². The molecule has 0 unspecified atom stereocenters. The fourth-order valence-corrected chi connectivity index (χ4v) is 5.37. The zero-order valence-electron chi connectivity index (χ0n) is 15.3. The van der Waals surface area contributed by atoms with Crippen LogP contribution in [0.4, 0.5) is 0 Å². The van der Waals surface area contributed by atoms with E-state index in [1.54, 1.807) is 21.9 Å². The Labute approximate surface area is 164 Å². The standard InChI is InChI=1S/C18H24ClN3O4S/c1-14(23)21-7-3-4-15(13-21)18(24)20-8-10-22(11-9-20)27(25,26)17-6-2-5-16(19)12-17/h2,5-6,12,15H,3-4,7-11,13H2,1H3/t15-/m1/s1. The monoisotopic (exact) mass is 413 g/mol. The molecule has 0 radical (unpaired) electrons. The van der Waals surface area contributed by atoms with E-state index in [0.29, 0.717) is 31.2 Å². The lowest BCUT2D eigenvalue weighted by atomic mass is 9.96. The molecule has 0 bridgehead atoms.